The molecule has 0 saturated heterocycles. The minimum atomic E-state index is -0.533. The largest absolute Gasteiger partial charge is 0.247 e. The minimum absolute atomic E-state index is 0.533. The molecule has 1 aliphatic rings. The summed E-state index contributed by atoms with van der Waals surface area (Å²) in [5, 5.41) is 4.55. The van der Waals surface area contributed by atoms with Crippen molar-refractivity contribution in [3.05, 3.63) is 229 Å². The zero-order valence-corrected chi connectivity index (χ0v) is 30.9. The fourth-order valence-electron chi connectivity index (χ4n) is 8.82. The van der Waals surface area contributed by atoms with Gasteiger partial charge in [-0.3, -0.25) is 0 Å². The van der Waals surface area contributed by atoms with Crippen molar-refractivity contribution in [2.45, 2.75) is 5.41 Å². The van der Waals surface area contributed by atoms with Crippen molar-refractivity contribution in [2.75, 3.05) is 0 Å². The van der Waals surface area contributed by atoms with Crippen LogP contribution in [0.4, 0.5) is 0 Å². The standard InChI is InChI=1S/C53H34N4/c1-5-17-35(18-6-1)50-55-51(36-19-7-2-8-20-36)57-52(56-50)40-32-30-37-33-39(31-29-38(37)34-40)48-44-26-14-13-25-43(44)47-49(54-48)45-27-15-16-28-46(45)53(47,41-21-9-3-10-22-41)42-23-11-4-12-24-42/h1-34H. The van der Waals surface area contributed by atoms with Crippen LogP contribution in [-0.2, 0) is 5.41 Å². The summed E-state index contributed by atoms with van der Waals surface area (Å²) in [6.45, 7) is 0. The zero-order chi connectivity index (χ0) is 37.8. The van der Waals surface area contributed by atoms with Gasteiger partial charge in [0, 0.05) is 38.8 Å². The summed E-state index contributed by atoms with van der Waals surface area (Å²) in [4.78, 5) is 20.5. The van der Waals surface area contributed by atoms with Gasteiger partial charge in [0.15, 0.2) is 17.5 Å². The smallest absolute Gasteiger partial charge is 0.164 e. The van der Waals surface area contributed by atoms with Crippen molar-refractivity contribution < 1.29 is 0 Å². The first-order valence-electron chi connectivity index (χ1n) is 19.3. The molecule has 0 atom stereocenters. The molecule has 2 aromatic heterocycles. The van der Waals surface area contributed by atoms with Gasteiger partial charge in [0.2, 0.25) is 0 Å². The van der Waals surface area contributed by atoms with Crippen molar-refractivity contribution in [3.8, 4) is 56.7 Å². The molecule has 0 fully saturated rings. The molecular formula is C53H34N4. The third-order valence-electron chi connectivity index (χ3n) is 11.4. The first-order chi connectivity index (χ1) is 28.3. The van der Waals surface area contributed by atoms with Crippen LogP contribution in [0.1, 0.15) is 22.3 Å². The maximum absolute atomic E-state index is 5.66. The molecule has 10 aromatic rings. The molecule has 8 aromatic carbocycles. The van der Waals surface area contributed by atoms with E-state index in [2.05, 4.69) is 146 Å². The average Bonchev–Trinajstić information content (AvgIpc) is 3.60. The molecule has 0 aliphatic heterocycles. The van der Waals surface area contributed by atoms with E-state index in [-0.39, 0.29) is 0 Å². The Bertz CT molecular complexity index is 3010. The predicted molar refractivity (Wildman–Crippen MR) is 232 cm³/mol. The summed E-state index contributed by atoms with van der Waals surface area (Å²) < 4.78 is 0. The topological polar surface area (TPSA) is 51.6 Å². The molecule has 0 radical (unpaired) electrons. The van der Waals surface area contributed by atoms with Gasteiger partial charge in [0.05, 0.1) is 16.8 Å². The predicted octanol–water partition coefficient (Wildman–Crippen LogP) is 12.6. The van der Waals surface area contributed by atoms with Crippen LogP contribution in [0.25, 0.3) is 78.2 Å². The summed E-state index contributed by atoms with van der Waals surface area (Å²) in [6.07, 6.45) is 0. The highest BCUT2D eigenvalue weighted by Crippen LogP contribution is 2.58. The maximum atomic E-state index is 5.66. The number of hydrogen-bond donors (Lipinski definition) is 0. The van der Waals surface area contributed by atoms with Gasteiger partial charge >= 0.3 is 0 Å². The number of aromatic nitrogens is 4. The molecule has 2 heterocycles. The number of benzene rings is 8. The van der Waals surface area contributed by atoms with Crippen molar-refractivity contribution in [2.24, 2.45) is 0 Å². The molecule has 57 heavy (non-hydrogen) atoms. The van der Waals surface area contributed by atoms with Crippen molar-refractivity contribution in [3.63, 3.8) is 0 Å². The van der Waals surface area contributed by atoms with Gasteiger partial charge in [-0.05, 0) is 45.0 Å². The van der Waals surface area contributed by atoms with Gasteiger partial charge in [0.1, 0.15) is 0 Å². The molecule has 0 amide bonds. The van der Waals surface area contributed by atoms with E-state index in [9.17, 15) is 0 Å². The van der Waals surface area contributed by atoms with Crippen LogP contribution in [0.15, 0.2) is 206 Å². The number of pyridine rings is 1. The van der Waals surface area contributed by atoms with Crippen LogP contribution in [-0.4, -0.2) is 19.9 Å². The minimum Gasteiger partial charge on any atom is -0.247 e. The molecule has 0 saturated carbocycles. The highest BCUT2D eigenvalue weighted by atomic mass is 15.0. The molecule has 1 aliphatic carbocycles. The lowest BCUT2D eigenvalue weighted by Gasteiger charge is -2.34. The van der Waals surface area contributed by atoms with Crippen LogP contribution in [0.3, 0.4) is 0 Å². The lowest BCUT2D eigenvalue weighted by atomic mass is 9.67. The maximum Gasteiger partial charge on any atom is 0.164 e. The molecule has 4 heteroatoms. The van der Waals surface area contributed by atoms with Gasteiger partial charge in [-0.15, -0.1) is 0 Å². The lowest BCUT2D eigenvalue weighted by molar-refractivity contribution is 0.774. The van der Waals surface area contributed by atoms with Crippen molar-refractivity contribution in [1.29, 1.82) is 0 Å². The van der Waals surface area contributed by atoms with Crippen LogP contribution in [0, 0.1) is 0 Å². The quantitative estimate of drug-likeness (QED) is 0.171. The third-order valence-corrected chi connectivity index (χ3v) is 11.4. The van der Waals surface area contributed by atoms with Crippen LogP contribution in [0.2, 0.25) is 0 Å². The van der Waals surface area contributed by atoms with Crippen molar-refractivity contribution in [1.82, 2.24) is 19.9 Å². The molecule has 11 rings (SSSR count). The molecule has 266 valence electrons. The Morgan fingerprint density at radius 2 is 0.772 bits per heavy atom. The van der Waals surface area contributed by atoms with Crippen LogP contribution in [0.5, 0.6) is 0 Å². The van der Waals surface area contributed by atoms with E-state index in [4.69, 9.17) is 19.9 Å². The summed E-state index contributed by atoms with van der Waals surface area (Å²) in [7, 11) is 0. The van der Waals surface area contributed by atoms with E-state index in [0.717, 1.165) is 49.8 Å². The molecule has 0 spiro atoms. The van der Waals surface area contributed by atoms with Gasteiger partial charge in [-0.25, -0.2) is 19.9 Å². The molecular weight excluding hydrogens is 693 g/mol. The SMILES string of the molecule is c1ccc(-c2nc(-c3ccccc3)nc(-c3ccc4cc(-c5nc6c(c7ccccc57)C(c5ccccc5)(c5ccccc5)c5ccccc5-6)ccc4c3)n2)cc1. The number of rotatable bonds is 6. The summed E-state index contributed by atoms with van der Waals surface area (Å²) in [5.41, 5.74) is 11.5. The van der Waals surface area contributed by atoms with Gasteiger partial charge in [0.25, 0.3) is 0 Å². The van der Waals surface area contributed by atoms with E-state index in [0.29, 0.717) is 17.5 Å². The Labute approximate surface area is 330 Å². The molecule has 4 nitrogen and oxygen atoms in total. The van der Waals surface area contributed by atoms with E-state index in [1.807, 2.05) is 60.7 Å². The fourth-order valence-corrected chi connectivity index (χ4v) is 8.82. The highest BCUT2D eigenvalue weighted by Gasteiger charge is 2.48. The van der Waals surface area contributed by atoms with Crippen LogP contribution >= 0.6 is 0 Å². The zero-order valence-electron chi connectivity index (χ0n) is 30.9. The van der Waals surface area contributed by atoms with E-state index >= 15 is 0 Å². The van der Waals surface area contributed by atoms with Gasteiger partial charge in [-0.2, -0.15) is 0 Å². The first kappa shape index (κ1) is 32.8. The van der Waals surface area contributed by atoms with Gasteiger partial charge in [-0.1, -0.05) is 194 Å². The molecule has 0 bridgehead atoms. The second-order valence-corrected chi connectivity index (χ2v) is 14.6. The van der Waals surface area contributed by atoms with Gasteiger partial charge < -0.3 is 0 Å². The summed E-state index contributed by atoms with van der Waals surface area (Å²) in [6, 6.07) is 72.8. The summed E-state index contributed by atoms with van der Waals surface area (Å²) >= 11 is 0. The molecule has 0 unspecified atom stereocenters. The molecule has 0 N–H and O–H groups in total. The van der Waals surface area contributed by atoms with E-state index in [1.165, 1.54) is 33.2 Å². The lowest BCUT2D eigenvalue weighted by Crippen LogP contribution is -2.29. The number of nitrogens with zero attached hydrogens (tertiary/aromatic N) is 4. The Balaban J connectivity index is 1.08. The van der Waals surface area contributed by atoms with E-state index < -0.39 is 5.41 Å². The van der Waals surface area contributed by atoms with Crippen LogP contribution < -0.4 is 0 Å². The monoisotopic (exact) mass is 726 g/mol. The summed E-state index contributed by atoms with van der Waals surface area (Å²) in [5.74, 6) is 1.93. The average molecular weight is 727 g/mol. The number of hydrogen-bond acceptors (Lipinski definition) is 4. The third kappa shape index (κ3) is 5.30. The fraction of sp³-hybridized carbons (Fsp3) is 0.0189. The normalized spacial score (nSPS) is 12.7. The van der Waals surface area contributed by atoms with E-state index in [1.54, 1.807) is 0 Å². The Morgan fingerprint density at radius 1 is 0.316 bits per heavy atom. The highest BCUT2D eigenvalue weighted by molar-refractivity contribution is 6.05. The first-order valence-corrected chi connectivity index (χ1v) is 19.3. The second-order valence-electron chi connectivity index (χ2n) is 14.6. The number of fused-ring (bicyclic) bond motifs is 6. The van der Waals surface area contributed by atoms with Crippen molar-refractivity contribution >= 4 is 21.5 Å². The second kappa shape index (κ2) is 13.3. The Morgan fingerprint density at radius 3 is 1.37 bits per heavy atom. The Kier molecular flexibility index (Phi) is 7.68. The Hall–Kier alpha value is -7.56.